The summed E-state index contributed by atoms with van der Waals surface area (Å²) in [5, 5.41) is 4.68. The molecule has 0 aliphatic carbocycles. The first-order chi connectivity index (χ1) is 8.63. The first-order valence-corrected chi connectivity index (χ1v) is 6.60. The minimum absolute atomic E-state index is 0.234. The minimum Gasteiger partial charge on any atom is -0.313 e. The molecular formula is C15H15Cl2N. The van der Waals surface area contributed by atoms with Crippen LogP contribution in [-0.2, 0) is 0 Å². The van der Waals surface area contributed by atoms with Crippen molar-refractivity contribution < 1.29 is 0 Å². The number of hydrogen-bond donors (Lipinski definition) is 1. The van der Waals surface area contributed by atoms with Gasteiger partial charge in [0.2, 0.25) is 0 Å². The zero-order chi connectivity index (χ0) is 13.1. The topological polar surface area (TPSA) is 12.0 Å². The Morgan fingerprint density at radius 3 is 2.33 bits per heavy atom. The molecule has 0 saturated carbocycles. The Bertz CT molecular complexity index is 552. The Kier molecular flexibility index (Phi) is 4.28. The minimum atomic E-state index is 0.234. The quantitative estimate of drug-likeness (QED) is 0.839. The van der Waals surface area contributed by atoms with Gasteiger partial charge in [-0.1, -0.05) is 53.5 Å². The predicted molar refractivity (Wildman–Crippen MR) is 79.4 cm³/mol. The Morgan fingerprint density at radius 2 is 1.72 bits per heavy atom. The number of nitrogens with one attached hydrogen (secondary N) is 1. The Balaban J connectivity index is 2.44. The van der Waals surface area contributed by atoms with Gasteiger partial charge in [0.15, 0.2) is 0 Å². The SMILES string of the molecule is CNC(C)c1ccc(-c2ccccc2Cl)cc1Cl. The smallest absolute Gasteiger partial charge is 0.0484 e. The third-order valence-electron chi connectivity index (χ3n) is 3.08. The molecule has 0 bridgehead atoms. The summed E-state index contributed by atoms with van der Waals surface area (Å²) >= 11 is 12.5. The van der Waals surface area contributed by atoms with E-state index >= 15 is 0 Å². The normalized spacial score (nSPS) is 12.4. The average molecular weight is 280 g/mol. The summed E-state index contributed by atoms with van der Waals surface area (Å²) < 4.78 is 0. The van der Waals surface area contributed by atoms with Crippen molar-refractivity contribution >= 4 is 23.2 Å². The highest BCUT2D eigenvalue weighted by molar-refractivity contribution is 6.34. The van der Waals surface area contributed by atoms with E-state index in [2.05, 4.69) is 18.3 Å². The highest BCUT2D eigenvalue weighted by Crippen LogP contribution is 2.32. The lowest BCUT2D eigenvalue weighted by molar-refractivity contribution is 0.652. The van der Waals surface area contributed by atoms with E-state index < -0.39 is 0 Å². The van der Waals surface area contributed by atoms with Crippen molar-refractivity contribution in [1.82, 2.24) is 5.32 Å². The van der Waals surface area contributed by atoms with Crippen molar-refractivity contribution in [2.24, 2.45) is 0 Å². The van der Waals surface area contributed by atoms with Gasteiger partial charge in [0.1, 0.15) is 0 Å². The molecule has 0 radical (unpaired) electrons. The molecule has 2 aromatic rings. The zero-order valence-corrected chi connectivity index (χ0v) is 11.9. The summed E-state index contributed by atoms with van der Waals surface area (Å²) in [6, 6.07) is 14.1. The highest BCUT2D eigenvalue weighted by Gasteiger charge is 2.10. The Hall–Kier alpha value is -1.02. The molecule has 0 aliphatic rings. The second-order valence-electron chi connectivity index (χ2n) is 4.23. The summed E-state index contributed by atoms with van der Waals surface area (Å²) in [5.41, 5.74) is 3.14. The lowest BCUT2D eigenvalue weighted by Crippen LogP contribution is -2.12. The van der Waals surface area contributed by atoms with Crippen LogP contribution >= 0.6 is 23.2 Å². The standard InChI is InChI=1S/C15H15Cl2N/c1-10(18-2)12-8-7-11(9-15(12)17)13-5-3-4-6-14(13)16/h3-10,18H,1-2H3. The van der Waals surface area contributed by atoms with Crippen LogP contribution in [0, 0.1) is 0 Å². The number of halogens is 2. The van der Waals surface area contributed by atoms with Gasteiger partial charge in [0, 0.05) is 21.7 Å². The molecule has 0 fully saturated rings. The number of rotatable bonds is 3. The predicted octanol–water partition coefficient (Wildman–Crippen LogP) is 4.94. The molecule has 0 saturated heterocycles. The average Bonchev–Trinajstić information content (AvgIpc) is 2.38. The molecule has 18 heavy (non-hydrogen) atoms. The van der Waals surface area contributed by atoms with E-state index in [1.807, 2.05) is 43.4 Å². The zero-order valence-electron chi connectivity index (χ0n) is 10.4. The fourth-order valence-corrected chi connectivity index (χ4v) is 2.49. The van der Waals surface area contributed by atoms with Crippen molar-refractivity contribution in [3.8, 4) is 11.1 Å². The van der Waals surface area contributed by atoms with Gasteiger partial charge in [-0.15, -0.1) is 0 Å². The van der Waals surface area contributed by atoms with E-state index in [0.29, 0.717) is 0 Å². The van der Waals surface area contributed by atoms with Gasteiger partial charge in [-0.3, -0.25) is 0 Å². The molecule has 0 heterocycles. The van der Waals surface area contributed by atoms with Crippen LogP contribution in [0.25, 0.3) is 11.1 Å². The van der Waals surface area contributed by atoms with Crippen LogP contribution in [0.1, 0.15) is 18.5 Å². The molecule has 3 heteroatoms. The molecule has 1 nitrogen and oxygen atoms in total. The fraction of sp³-hybridized carbons (Fsp3) is 0.200. The summed E-state index contributed by atoms with van der Waals surface area (Å²) in [6.45, 7) is 2.08. The second-order valence-corrected chi connectivity index (χ2v) is 5.04. The maximum atomic E-state index is 6.32. The van der Waals surface area contributed by atoms with Crippen LogP contribution in [0.5, 0.6) is 0 Å². The van der Waals surface area contributed by atoms with E-state index in [0.717, 1.165) is 26.7 Å². The maximum absolute atomic E-state index is 6.32. The molecule has 0 spiro atoms. The van der Waals surface area contributed by atoms with E-state index in [9.17, 15) is 0 Å². The lowest BCUT2D eigenvalue weighted by atomic mass is 10.0. The lowest BCUT2D eigenvalue weighted by Gasteiger charge is -2.14. The first-order valence-electron chi connectivity index (χ1n) is 5.85. The number of benzene rings is 2. The van der Waals surface area contributed by atoms with Crippen molar-refractivity contribution in [2.75, 3.05) is 7.05 Å². The molecular weight excluding hydrogens is 265 g/mol. The largest absolute Gasteiger partial charge is 0.313 e. The van der Waals surface area contributed by atoms with Crippen LogP contribution in [0.2, 0.25) is 10.0 Å². The van der Waals surface area contributed by atoms with Crippen molar-refractivity contribution in [3.05, 3.63) is 58.1 Å². The van der Waals surface area contributed by atoms with Crippen LogP contribution < -0.4 is 5.32 Å². The van der Waals surface area contributed by atoms with Gasteiger partial charge in [0.25, 0.3) is 0 Å². The van der Waals surface area contributed by atoms with Gasteiger partial charge in [-0.05, 0) is 37.2 Å². The Labute approximate surface area is 118 Å². The highest BCUT2D eigenvalue weighted by atomic mass is 35.5. The second kappa shape index (κ2) is 5.75. The molecule has 0 aromatic heterocycles. The molecule has 94 valence electrons. The van der Waals surface area contributed by atoms with Gasteiger partial charge in [0.05, 0.1) is 0 Å². The van der Waals surface area contributed by atoms with Gasteiger partial charge < -0.3 is 5.32 Å². The van der Waals surface area contributed by atoms with E-state index in [-0.39, 0.29) is 6.04 Å². The van der Waals surface area contributed by atoms with E-state index in [1.165, 1.54) is 0 Å². The molecule has 1 unspecified atom stereocenters. The third-order valence-corrected chi connectivity index (χ3v) is 3.74. The van der Waals surface area contributed by atoms with E-state index in [1.54, 1.807) is 0 Å². The molecule has 0 aliphatic heterocycles. The third kappa shape index (κ3) is 2.69. The summed E-state index contributed by atoms with van der Waals surface area (Å²) in [6.07, 6.45) is 0. The maximum Gasteiger partial charge on any atom is 0.0484 e. The van der Waals surface area contributed by atoms with Crippen LogP contribution in [0.15, 0.2) is 42.5 Å². The van der Waals surface area contributed by atoms with Crippen LogP contribution in [0.3, 0.4) is 0 Å². The molecule has 2 aromatic carbocycles. The molecule has 1 N–H and O–H groups in total. The molecule has 2 rings (SSSR count). The number of hydrogen-bond acceptors (Lipinski definition) is 1. The Morgan fingerprint density at radius 1 is 1.00 bits per heavy atom. The van der Waals surface area contributed by atoms with Gasteiger partial charge in [-0.2, -0.15) is 0 Å². The van der Waals surface area contributed by atoms with Crippen molar-refractivity contribution in [3.63, 3.8) is 0 Å². The van der Waals surface area contributed by atoms with Gasteiger partial charge in [-0.25, -0.2) is 0 Å². The summed E-state index contributed by atoms with van der Waals surface area (Å²) in [5.74, 6) is 0. The van der Waals surface area contributed by atoms with Crippen molar-refractivity contribution in [1.29, 1.82) is 0 Å². The summed E-state index contributed by atoms with van der Waals surface area (Å²) in [7, 11) is 1.92. The summed E-state index contributed by atoms with van der Waals surface area (Å²) in [4.78, 5) is 0. The van der Waals surface area contributed by atoms with Crippen LogP contribution in [0.4, 0.5) is 0 Å². The molecule has 0 amide bonds. The fourth-order valence-electron chi connectivity index (χ4n) is 1.90. The van der Waals surface area contributed by atoms with E-state index in [4.69, 9.17) is 23.2 Å². The van der Waals surface area contributed by atoms with Crippen LogP contribution in [-0.4, -0.2) is 7.05 Å². The van der Waals surface area contributed by atoms with Crippen molar-refractivity contribution in [2.45, 2.75) is 13.0 Å². The molecule has 1 atom stereocenters. The van der Waals surface area contributed by atoms with Gasteiger partial charge >= 0.3 is 0 Å². The first kappa shape index (κ1) is 13.4. The monoisotopic (exact) mass is 279 g/mol.